The maximum absolute atomic E-state index is 5.34. The first-order valence-electron chi connectivity index (χ1n) is 6.12. The molecule has 18 heavy (non-hydrogen) atoms. The van der Waals surface area contributed by atoms with Crippen LogP contribution in [0, 0.1) is 0 Å². The SMILES string of the molecule is COc1ccccc1CC(C)NCC(OC)OC. The first kappa shape index (κ1) is 15.0. The van der Waals surface area contributed by atoms with Crippen molar-refractivity contribution in [1.82, 2.24) is 5.32 Å². The number of benzene rings is 1. The lowest BCUT2D eigenvalue weighted by Crippen LogP contribution is -2.36. The summed E-state index contributed by atoms with van der Waals surface area (Å²) in [7, 11) is 4.98. The van der Waals surface area contributed by atoms with Crippen molar-refractivity contribution in [2.24, 2.45) is 0 Å². The Morgan fingerprint density at radius 2 is 1.78 bits per heavy atom. The second-order valence-corrected chi connectivity index (χ2v) is 4.23. The van der Waals surface area contributed by atoms with Crippen LogP contribution in [0.2, 0.25) is 0 Å². The van der Waals surface area contributed by atoms with Crippen LogP contribution in [-0.4, -0.2) is 40.2 Å². The minimum absolute atomic E-state index is 0.204. The van der Waals surface area contributed by atoms with Crippen LogP contribution in [0.4, 0.5) is 0 Å². The van der Waals surface area contributed by atoms with Gasteiger partial charge in [0.05, 0.1) is 7.11 Å². The standard InChI is InChI=1S/C14H23NO3/c1-11(15-10-14(17-3)18-4)9-12-7-5-6-8-13(12)16-2/h5-8,11,14-15H,9-10H2,1-4H3. The molecule has 1 rings (SSSR count). The normalized spacial score (nSPS) is 12.7. The van der Waals surface area contributed by atoms with E-state index in [-0.39, 0.29) is 6.29 Å². The van der Waals surface area contributed by atoms with Gasteiger partial charge in [-0.15, -0.1) is 0 Å². The summed E-state index contributed by atoms with van der Waals surface area (Å²) in [6, 6.07) is 8.40. The Morgan fingerprint density at radius 3 is 2.39 bits per heavy atom. The van der Waals surface area contributed by atoms with Crippen LogP contribution in [0.3, 0.4) is 0 Å². The monoisotopic (exact) mass is 253 g/mol. The molecule has 0 radical (unpaired) electrons. The minimum Gasteiger partial charge on any atom is -0.496 e. The minimum atomic E-state index is -0.204. The summed E-state index contributed by atoms with van der Waals surface area (Å²) < 4.78 is 15.6. The second-order valence-electron chi connectivity index (χ2n) is 4.23. The molecule has 0 saturated carbocycles. The summed E-state index contributed by atoms with van der Waals surface area (Å²) in [5.41, 5.74) is 1.20. The fraction of sp³-hybridized carbons (Fsp3) is 0.571. The fourth-order valence-corrected chi connectivity index (χ4v) is 1.83. The van der Waals surface area contributed by atoms with E-state index in [0.717, 1.165) is 12.2 Å². The van der Waals surface area contributed by atoms with E-state index in [1.807, 2.05) is 18.2 Å². The highest BCUT2D eigenvalue weighted by Gasteiger charge is 2.10. The number of ether oxygens (including phenoxy) is 3. The molecule has 0 spiro atoms. The van der Waals surface area contributed by atoms with E-state index in [4.69, 9.17) is 14.2 Å². The van der Waals surface area contributed by atoms with Gasteiger partial charge >= 0.3 is 0 Å². The van der Waals surface area contributed by atoms with Crippen LogP contribution in [-0.2, 0) is 15.9 Å². The van der Waals surface area contributed by atoms with Crippen molar-refractivity contribution >= 4 is 0 Å². The molecule has 1 aromatic carbocycles. The van der Waals surface area contributed by atoms with Crippen LogP contribution >= 0.6 is 0 Å². The Balaban J connectivity index is 2.46. The van der Waals surface area contributed by atoms with Crippen molar-refractivity contribution in [1.29, 1.82) is 0 Å². The smallest absolute Gasteiger partial charge is 0.169 e. The Morgan fingerprint density at radius 1 is 1.11 bits per heavy atom. The van der Waals surface area contributed by atoms with Crippen molar-refractivity contribution in [3.8, 4) is 5.75 Å². The van der Waals surface area contributed by atoms with Crippen molar-refractivity contribution in [3.63, 3.8) is 0 Å². The molecule has 0 aliphatic rings. The van der Waals surface area contributed by atoms with Crippen LogP contribution in [0.1, 0.15) is 12.5 Å². The predicted octanol–water partition coefficient (Wildman–Crippen LogP) is 1.83. The van der Waals surface area contributed by atoms with E-state index in [1.54, 1.807) is 21.3 Å². The van der Waals surface area contributed by atoms with Crippen molar-refractivity contribution in [3.05, 3.63) is 29.8 Å². The van der Waals surface area contributed by atoms with Crippen LogP contribution in [0.5, 0.6) is 5.75 Å². The third kappa shape index (κ3) is 4.64. The largest absolute Gasteiger partial charge is 0.496 e. The number of hydrogen-bond donors (Lipinski definition) is 1. The molecule has 1 atom stereocenters. The molecule has 0 saturated heterocycles. The molecule has 1 N–H and O–H groups in total. The van der Waals surface area contributed by atoms with Crippen LogP contribution in [0.15, 0.2) is 24.3 Å². The molecule has 0 heterocycles. The third-order valence-electron chi connectivity index (χ3n) is 2.88. The number of rotatable bonds is 8. The maximum atomic E-state index is 5.34. The molecule has 0 aliphatic carbocycles. The van der Waals surface area contributed by atoms with Gasteiger partial charge in [-0.25, -0.2) is 0 Å². The highest BCUT2D eigenvalue weighted by atomic mass is 16.7. The van der Waals surface area contributed by atoms with Gasteiger partial charge in [-0.05, 0) is 25.0 Å². The van der Waals surface area contributed by atoms with Crippen LogP contribution < -0.4 is 10.1 Å². The topological polar surface area (TPSA) is 39.7 Å². The summed E-state index contributed by atoms with van der Waals surface area (Å²) in [4.78, 5) is 0. The van der Waals surface area contributed by atoms with Gasteiger partial charge < -0.3 is 19.5 Å². The number of methoxy groups -OCH3 is 3. The molecule has 0 amide bonds. The van der Waals surface area contributed by atoms with E-state index in [0.29, 0.717) is 12.6 Å². The molecule has 1 aromatic rings. The van der Waals surface area contributed by atoms with Gasteiger partial charge in [0.15, 0.2) is 6.29 Å². The molecular weight excluding hydrogens is 230 g/mol. The molecule has 0 bridgehead atoms. The lowest BCUT2D eigenvalue weighted by molar-refractivity contribution is -0.0996. The summed E-state index contributed by atoms with van der Waals surface area (Å²) in [6.45, 7) is 2.80. The van der Waals surface area contributed by atoms with E-state index in [2.05, 4.69) is 18.3 Å². The number of nitrogens with one attached hydrogen (secondary N) is 1. The average molecular weight is 253 g/mol. The van der Waals surface area contributed by atoms with E-state index >= 15 is 0 Å². The Bertz CT molecular complexity index is 340. The molecule has 1 unspecified atom stereocenters. The second kappa shape index (κ2) is 8.08. The van der Waals surface area contributed by atoms with Crippen molar-refractivity contribution in [2.75, 3.05) is 27.9 Å². The van der Waals surface area contributed by atoms with E-state index in [1.165, 1.54) is 5.56 Å². The van der Waals surface area contributed by atoms with E-state index in [9.17, 15) is 0 Å². The fourth-order valence-electron chi connectivity index (χ4n) is 1.83. The summed E-state index contributed by atoms with van der Waals surface area (Å²) in [5.74, 6) is 0.932. The van der Waals surface area contributed by atoms with Crippen molar-refractivity contribution in [2.45, 2.75) is 25.7 Å². The number of para-hydroxylation sites is 1. The van der Waals surface area contributed by atoms with Gasteiger partial charge in [0.2, 0.25) is 0 Å². The van der Waals surface area contributed by atoms with Gasteiger partial charge in [0.1, 0.15) is 5.75 Å². The molecule has 0 aromatic heterocycles. The van der Waals surface area contributed by atoms with Gasteiger partial charge in [-0.3, -0.25) is 0 Å². The van der Waals surface area contributed by atoms with Crippen LogP contribution in [0.25, 0.3) is 0 Å². The Hall–Kier alpha value is -1.10. The highest BCUT2D eigenvalue weighted by Crippen LogP contribution is 2.18. The van der Waals surface area contributed by atoms with Gasteiger partial charge in [-0.2, -0.15) is 0 Å². The van der Waals surface area contributed by atoms with Gasteiger partial charge in [-0.1, -0.05) is 18.2 Å². The molecule has 0 fully saturated rings. The lowest BCUT2D eigenvalue weighted by Gasteiger charge is -2.19. The Labute approximate surface area is 109 Å². The van der Waals surface area contributed by atoms with Gasteiger partial charge in [0.25, 0.3) is 0 Å². The molecule has 0 aliphatic heterocycles. The van der Waals surface area contributed by atoms with Gasteiger partial charge in [0, 0.05) is 26.8 Å². The quantitative estimate of drug-likeness (QED) is 0.718. The molecule has 4 nitrogen and oxygen atoms in total. The first-order chi connectivity index (χ1) is 8.71. The lowest BCUT2D eigenvalue weighted by atomic mass is 10.1. The zero-order chi connectivity index (χ0) is 13.4. The molecule has 4 heteroatoms. The number of hydrogen-bond acceptors (Lipinski definition) is 4. The van der Waals surface area contributed by atoms with Crippen molar-refractivity contribution < 1.29 is 14.2 Å². The maximum Gasteiger partial charge on any atom is 0.169 e. The summed E-state index contributed by atoms with van der Waals surface area (Å²) in [6.07, 6.45) is 0.703. The predicted molar refractivity (Wildman–Crippen MR) is 72.0 cm³/mol. The summed E-state index contributed by atoms with van der Waals surface area (Å²) >= 11 is 0. The average Bonchev–Trinajstić information content (AvgIpc) is 2.40. The summed E-state index contributed by atoms with van der Waals surface area (Å²) in [5, 5.41) is 3.38. The Kier molecular flexibility index (Phi) is 6.72. The molecule has 102 valence electrons. The highest BCUT2D eigenvalue weighted by molar-refractivity contribution is 5.33. The molecular formula is C14H23NO3. The zero-order valence-electron chi connectivity index (χ0n) is 11.6. The zero-order valence-corrected chi connectivity index (χ0v) is 11.6. The third-order valence-corrected chi connectivity index (χ3v) is 2.88. The first-order valence-corrected chi connectivity index (χ1v) is 6.12. The van der Waals surface area contributed by atoms with E-state index < -0.39 is 0 Å².